The molecule has 0 spiro atoms. The second-order valence-corrected chi connectivity index (χ2v) is 4.91. The van der Waals surface area contributed by atoms with Crippen molar-refractivity contribution < 1.29 is 4.79 Å². The van der Waals surface area contributed by atoms with Gasteiger partial charge in [-0.1, -0.05) is 12.1 Å². The molecule has 2 aromatic rings. The van der Waals surface area contributed by atoms with E-state index < -0.39 is 0 Å². The minimum Gasteiger partial charge on any atom is -0.398 e. The van der Waals surface area contributed by atoms with Crippen molar-refractivity contribution in [3.05, 3.63) is 59.4 Å². The number of hydrogen-bond acceptors (Lipinski definition) is 3. The van der Waals surface area contributed by atoms with Gasteiger partial charge in [-0.25, -0.2) is 0 Å². The van der Waals surface area contributed by atoms with Crippen molar-refractivity contribution in [1.29, 1.82) is 0 Å². The molecule has 0 aliphatic heterocycles. The summed E-state index contributed by atoms with van der Waals surface area (Å²) in [6, 6.07) is 9.30. The van der Waals surface area contributed by atoms with Crippen LogP contribution < -0.4 is 5.73 Å². The maximum absolute atomic E-state index is 12.6. The molecule has 2 rings (SSSR count). The van der Waals surface area contributed by atoms with E-state index in [4.69, 9.17) is 5.73 Å². The molecule has 2 N–H and O–H groups in total. The molecule has 20 heavy (non-hydrogen) atoms. The van der Waals surface area contributed by atoms with Crippen molar-refractivity contribution in [2.24, 2.45) is 0 Å². The first-order valence-corrected chi connectivity index (χ1v) is 6.54. The second kappa shape index (κ2) is 5.74. The molecule has 0 bridgehead atoms. The summed E-state index contributed by atoms with van der Waals surface area (Å²) in [5.41, 5.74) is 9.06. The van der Waals surface area contributed by atoms with Crippen LogP contribution in [-0.4, -0.2) is 22.8 Å². The van der Waals surface area contributed by atoms with Gasteiger partial charge in [0, 0.05) is 25.1 Å². The Morgan fingerprint density at radius 3 is 2.55 bits per heavy atom. The molecule has 0 radical (unpaired) electrons. The fourth-order valence-corrected chi connectivity index (χ4v) is 2.10. The number of nitrogens with zero attached hydrogens (tertiary/aromatic N) is 2. The molecule has 0 saturated heterocycles. The molecule has 1 amide bonds. The summed E-state index contributed by atoms with van der Waals surface area (Å²) in [6.07, 6.45) is 3.45. The van der Waals surface area contributed by atoms with Crippen LogP contribution in [-0.2, 0) is 0 Å². The number of aryl methyl sites for hydroxylation is 1. The van der Waals surface area contributed by atoms with Gasteiger partial charge in [-0.05, 0) is 43.2 Å². The minimum absolute atomic E-state index is 0.0367. The van der Waals surface area contributed by atoms with Crippen LogP contribution in [0, 0.1) is 6.92 Å². The zero-order valence-electron chi connectivity index (χ0n) is 12.0. The summed E-state index contributed by atoms with van der Waals surface area (Å²) in [7, 11) is 1.79. The average molecular weight is 269 g/mol. The largest absolute Gasteiger partial charge is 0.398 e. The molecule has 1 aromatic heterocycles. The summed E-state index contributed by atoms with van der Waals surface area (Å²) in [6.45, 7) is 3.89. The fraction of sp³-hybridized carbons (Fsp3) is 0.250. The molecule has 0 saturated carbocycles. The van der Waals surface area contributed by atoms with Gasteiger partial charge >= 0.3 is 0 Å². The Balaban J connectivity index is 2.27. The van der Waals surface area contributed by atoms with E-state index in [1.165, 1.54) is 0 Å². The van der Waals surface area contributed by atoms with Gasteiger partial charge in [-0.2, -0.15) is 0 Å². The summed E-state index contributed by atoms with van der Waals surface area (Å²) in [5.74, 6) is -0.0736. The minimum atomic E-state index is -0.0736. The van der Waals surface area contributed by atoms with Crippen molar-refractivity contribution in [2.75, 3.05) is 12.8 Å². The number of carbonyl (C=O) groups excluding carboxylic acids is 1. The maximum atomic E-state index is 12.6. The summed E-state index contributed by atoms with van der Waals surface area (Å²) >= 11 is 0. The molecule has 1 unspecified atom stereocenters. The Bertz CT molecular complexity index is 610. The smallest absolute Gasteiger partial charge is 0.256 e. The number of nitrogen functional groups attached to an aromatic ring is 1. The predicted octanol–water partition coefficient (Wildman–Crippen LogP) is 2.81. The van der Waals surface area contributed by atoms with Crippen molar-refractivity contribution >= 4 is 11.6 Å². The quantitative estimate of drug-likeness (QED) is 0.872. The molecule has 0 aliphatic carbocycles. The van der Waals surface area contributed by atoms with Crippen molar-refractivity contribution in [1.82, 2.24) is 9.88 Å². The van der Waals surface area contributed by atoms with E-state index in [2.05, 4.69) is 4.98 Å². The lowest BCUT2D eigenvalue weighted by Crippen LogP contribution is -2.30. The number of benzene rings is 1. The van der Waals surface area contributed by atoms with Crippen LogP contribution in [0.25, 0.3) is 0 Å². The Morgan fingerprint density at radius 2 is 1.90 bits per heavy atom. The van der Waals surface area contributed by atoms with E-state index in [0.717, 1.165) is 11.1 Å². The first-order valence-electron chi connectivity index (χ1n) is 6.54. The summed E-state index contributed by atoms with van der Waals surface area (Å²) in [5, 5.41) is 0. The third-order valence-corrected chi connectivity index (χ3v) is 3.64. The highest BCUT2D eigenvalue weighted by Gasteiger charge is 2.20. The van der Waals surface area contributed by atoms with Crippen LogP contribution in [0.4, 0.5) is 5.69 Å². The van der Waals surface area contributed by atoms with Crippen LogP contribution in [0.15, 0.2) is 42.7 Å². The van der Waals surface area contributed by atoms with E-state index in [1.807, 2.05) is 38.1 Å². The van der Waals surface area contributed by atoms with E-state index in [-0.39, 0.29) is 11.9 Å². The maximum Gasteiger partial charge on any atom is 0.256 e. The monoisotopic (exact) mass is 269 g/mol. The van der Waals surface area contributed by atoms with Gasteiger partial charge in [0.1, 0.15) is 0 Å². The lowest BCUT2D eigenvalue weighted by molar-refractivity contribution is 0.0743. The van der Waals surface area contributed by atoms with Gasteiger partial charge < -0.3 is 10.6 Å². The molecule has 104 valence electrons. The van der Waals surface area contributed by atoms with Gasteiger partial charge in [-0.3, -0.25) is 9.78 Å². The molecule has 1 atom stereocenters. The lowest BCUT2D eigenvalue weighted by atomic mass is 10.0. The van der Waals surface area contributed by atoms with Crippen LogP contribution >= 0.6 is 0 Å². The molecule has 4 heteroatoms. The second-order valence-electron chi connectivity index (χ2n) is 4.91. The number of para-hydroxylation sites is 1. The zero-order chi connectivity index (χ0) is 14.7. The lowest BCUT2D eigenvalue weighted by Gasteiger charge is -2.26. The number of rotatable bonds is 3. The standard InChI is InChI=1S/C16H19N3O/c1-11-5-4-6-14(15(11)17)16(20)19(3)12(2)13-7-9-18-10-8-13/h4-10,12H,17H2,1-3H3. The highest BCUT2D eigenvalue weighted by atomic mass is 16.2. The van der Waals surface area contributed by atoms with Gasteiger partial charge in [0.2, 0.25) is 0 Å². The number of pyridine rings is 1. The van der Waals surface area contributed by atoms with Crippen LogP contribution in [0.2, 0.25) is 0 Å². The van der Waals surface area contributed by atoms with Gasteiger partial charge in [0.15, 0.2) is 0 Å². The first kappa shape index (κ1) is 14.1. The van der Waals surface area contributed by atoms with Crippen molar-refractivity contribution in [3.63, 3.8) is 0 Å². The number of hydrogen-bond donors (Lipinski definition) is 1. The number of carbonyl (C=O) groups is 1. The molecular formula is C16H19N3O. The highest BCUT2D eigenvalue weighted by molar-refractivity contribution is 5.99. The van der Waals surface area contributed by atoms with Crippen LogP contribution in [0.1, 0.15) is 34.5 Å². The third kappa shape index (κ3) is 2.64. The predicted molar refractivity (Wildman–Crippen MR) is 80.3 cm³/mol. The van der Waals surface area contributed by atoms with E-state index in [1.54, 1.807) is 30.4 Å². The molecule has 4 nitrogen and oxygen atoms in total. The zero-order valence-corrected chi connectivity index (χ0v) is 12.0. The molecule has 1 heterocycles. The van der Waals surface area contributed by atoms with Crippen molar-refractivity contribution in [3.8, 4) is 0 Å². The number of aromatic nitrogens is 1. The SMILES string of the molecule is Cc1cccc(C(=O)N(C)C(C)c2ccncc2)c1N. The van der Waals surface area contributed by atoms with Gasteiger partial charge in [0.25, 0.3) is 5.91 Å². The molecule has 0 fully saturated rings. The Labute approximate surface area is 119 Å². The van der Waals surface area contributed by atoms with Gasteiger partial charge in [0.05, 0.1) is 11.6 Å². The molecule has 1 aromatic carbocycles. The molecular weight excluding hydrogens is 250 g/mol. The topological polar surface area (TPSA) is 59.2 Å². The Morgan fingerprint density at radius 1 is 1.25 bits per heavy atom. The molecule has 0 aliphatic rings. The average Bonchev–Trinajstić information content (AvgIpc) is 2.48. The van der Waals surface area contributed by atoms with Crippen LogP contribution in [0.5, 0.6) is 0 Å². The third-order valence-electron chi connectivity index (χ3n) is 3.64. The van der Waals surface area contributed by atoms with Gasteiger partial charge in [-0.15, -0.1) is 0 Å². The number of nitrogens with two attached hydrogens (primary N) is 1. The highest BCUT2D eigenvalue weighted by Crippen LogP contribution is 2.23. The summed E-state index contributed by atoms with van der Waals surface area (Å²) < 4.78 is 0. The normalized spacial score (nSPS) is 11.9. The van der Waals surface area contributed by atoms with E-state index in [9.17, 15) is 4.79 Å². The van der Waals surface area contributed by atoms with E-state index in [0.29, 0.717) is 11.3 Å². The first-order chi connectivity index (χ1) is 9.52. The Hall–Kier alpha value is -2.36. The summed E-state index contributed by atoms with van der Waals surface area (Å²) in [4.78, 5) is 18.3. The van der Waals surface area contributed by atoms with Crippen molar-refractivity contribution in [2.45, 2.75) is 19.9 Å². The number of amides is 1. The van der Waals surface area contributed by atoms with Crippen LogP contribution in [0.3, 0.4) is 0 Å². The fourth-order valence-electron chi connectivity index (χ4n) is 2.10. The number of anilines is 1. The Kier molecular flexibility index (Phi) is 4.03. The van der Waals surface area contributed by atoms with E-state index >= 15 is 0 Å².